The number of aromatic nitrogens is 3. The summed E-state index contributed by atoms with van der Waals surface area (Å²) < 4.78 is 31.5. The molecule has 14 heteroatoms. The van der Waals surface area contributed by atoms with Crippen molar-refractivity contribution >= 4 is 41.3 Å². The van der Waals surface area contributed by atoms with Gasteiger partial charge in [0.15, 0.2) is 5.82 Å². The molecule has 0 bridgehead atoms. The van der Waals surface area contributed by atoms with E-state index in [0.29, 0.717) is 22.0 Å². The fourth-order valence-corrected chi connectivity index (χ4v) is 6.41. The number of fused-ring (bicyclic) bond motifs is 2. The van der Waals surface area contributed by atoms with Crippen LogP contribution in [0.4, 0.5) is 5.82 Å². The lowest BCUT2D eigenvalue weighted by molar-refractivity contribution is -0.148. The van der Waals surface area contributed by atoms with E-state index in [1.807, 2.05) is 51.1 Å². The molecule has 2 aromatic carbocycles. The van der Waals surface area contributed by atoms with Crippen LogP contribution in [0.1, 0.15) is 39.3 Å². The SMILES string of the molecule is CC(NP(=O)(OC[C@H]1N[C@@H](c2c[nH]c3c(N)ncnc23)[C@H](O)[C@@H]1O)Oc1cccc2ccccc12)C(=O)OCC(C)(C)C. The molecule has 0 amide bonds. The Balaban J connectivity index is 1.36. The zero-order valence-electron chi connectivity index (χ0n) is 24.4. The molecule has 1 aliphatic rings. The molecule has 2 aromatic heterocycles. The van der Waals surface area contributed by atoms with Crippen LogP contribution in [0.5, 0.6) is 5.75 Å². The number of carbonyl (C=O) groups excluding carboxylic acids is 1. The summed E-state index contributed by atoms with van der Waals surface area (Å²) in [6.45, 7) is 7.10. The quantitative estimate of drug-likeness (QED) is 0.113. The average Bonchev–Trinajstić information content (AvgIpc) is 3.51. The first-order chi connectivity index (χ1) is 20.3. The summed E-state index contributed by atoms with van der Waals surface area (Å²) in [6, 6.07) is 10.0. The average molecular weight is 613 g/mol. The maximum absolute atomic E-state index is 14.2. The molecule has 230 valence electrons. The second-order valence-electron chi connectivity index (χ2n) is 11.8. The van der Waals surface area contributed by atoms with Gasteiger partial charge in [0.05, 0.1) is 36.9 Å². The van der Waals surface area contributed by atoms with Crippen LogP contribution in [-0.2, 0) is 18.6 Å². The molecule has 4 aromatic rings. The first kappa shape index (κ1) is 30.9. The summed E-state index contributed by atoms with van der Waals surface area (Å²) in [4.78, 5) is 24.0. The van der Waals surface area contributed by atoms with Crippen molar-refractivity contribution in [2.24, 2.45) is 5.41 Å². The van der Waals surface area contributed by atoms with E-state index >= 15 is 0 Å². The van der Waals surface area contributed by atoms with Crippen LogP contribution in [0, 0.1) is 5.41 Å². The Morgan fingerprint density at radius 1 is 1.14 bits per heavy atom. The van der Waals surface area contributed by atoms with Crippen LogP contribution in [0.3, 0.4) is 0 Å². The van der Waals surface area contributed by atoms with E-state index < -0.39 is 44.0 Å². The number of esters is 1. The molecule has 13 nitrogen and oxygen atoms in total. The number of rotatable bonds is 10. The highest BCUT2D eigenvalue weighted by Gasteiger charge is 2.44. The largest absolute Gasteiger partial charge is 0.464 e. The van der Waals surface area contributed by atoms with Crippen LogP contribution >= 0.6 is 7.75 Å². The molecule has 1 aliphatic heterocycles. The van der Waals surface area contributed by atoms with Gasteiger partial charge in [-0.25, -0.2) is 14.5 Å². The van der Waals surface area contributed by atoms with Crippen LogP contribution in [0.25, 0.3) is 21.8 Å². The molecule has 2 unspecified atom stereocenters. The van der Waals surface area contributed by atoms with Gasteiger partial charge in [-0.05, 0) is 23.8 Å². The first-order valence-electron chi connectivity index (χ1n) is 13.9. The minimum atomic E-state index is -4.27. The molecule has 0 radical (unpaired) electrons. The molecule has 0 saturated carbocycles. The third-order valence-electron chi connectivity index (χ3n) is 7.10. The van der Waals surface area contributed by atoms with E-state index in [2.05, 4.69) is 25.4 Å². The van der Waals surface area contributed by atoms with Gasteiger partial charge < -0.3 is 35.5 Å². The third-order valence-corrected chi connectivity index (χ3v) is 8.73. The van der Waals surface area contributed by atoms with Gasteiger partial charge in [-0.1, -0.05) is 57.2 Å². The van der Waals surface area contributed by atoms with Gasteiger partial charge in [0, 0.05) is 17.1 Å². The van der Waals surface area contributed by atoms with E-state index in [9.17, 15) is 19.6 Å². The van der Waals surface area contributed by atoms with Crippen molar-refractivity contribution in [3.63, 3.8) is 0 Å². The molecule has 43 heavy (non-hydrogen) atoms. The summed E-state index contributed by atoms with van der Waals surface area (Å²) in [5, 5.41) is 29.2. The highest BCUT2D eigenvalue weighted by molar-refractivity contribution is 7.52. The summed E-state index contributed by atoms with van der Waals surface area (Å²) in [5.74, 6) is -0.106. The summed E-state index contributed by atoms with van der Waals surface area (Å²) in [6.07, 6.45) is 0.400. The molecule has 1 saturated heterocycles. The smallest absolute Gasteiger partial charge is 0.459 e. The molecule has 3 heterocycles. The number of nitrogen functional groups attached to an aromatic ring is 1. The third kappa shape index (κ3) is 6.82. The number of nitrogens with zero attached hydrogens (tertiary/aromatic N) is 2. The molecule has 6 atom stereocenters. The molecular weight excluding hydrogens is 575 g/mol. The molecule has 0 aliphatic carbocycles. The maximum atomic E-state index is 14.2. The Hall–Kier alpha value is -3.58. The second-order valence-corrected chi connectivity index (χ2v) is 13.5. The Morgan fingerprint density at radius 3 is 2.65 bits per heavy atom. The van der Waals surface area contributed by atoms with E-state index in [4.69, 9.17) is 19.5 Å². The second kappa shape index (κ2) is 12.2. The number of aliphatic hydroxyl groups is 2. The lowest BCUT2D eigenvalue weighted by atomic mass is 9.99. The number of H-pyrrole nitrogens is 1. The van der Waals surface area contributed by atoms with Crippen molar-refractivity contribution in [2.75, 3.05) is 18.9 Å². The van der Waals surface area contributed by atoms with Crippen LogP contribution in [0.15, 0.2) is 55.0 Å². The minimum absolute atomic E-state index is 0.162. The Morgan fingerprint density at radius 2 is 1.88 bits per heavy atom. The predicted octanol–water partition coefficient (Wildman–Crippen LogP) is 3.20. The maximum Gasteiger partial charge on any atom is 0.459 e. The van der Waals surface area contributed by atoms with Gasteiger partial charge in [-0.3, -0.25) is 9.32 Å². The number of nitrogens with one attached hydrogen (secondary N) is 3. The zero-order chi connectivity index (χ0) is 30.9. The summed E-state index contributed by atoms with van der Waals surface area (Å²) >= 11 is 0. The number of aromatic amines is 1. The summed E-state index contributed by atoms with van der Waals surface area (Å²) in [7, 11) is -4.27. The Labute approximate surface area is 248 Å². The molecular formula is C29H37N6O7P. The number of ether oxygens (including phenoxy) is 1. The normalized spacial score (nSPS) is 22.8. The number of benzene rings is 2. The fourth-order valence-electron chi connectivity index (χ4n) is 4.87. The Kier molecular flexibility index (Phi) is 8.75. The van der Waals surface area contributed by atoms with Gasteiger partial charge in [-0.2, -0.15) is 5.09 Å². The molecule has 7 N–H and O–H groups in total. The first-order valence-corrected chi connectivity index (χ1v) is 15.5. The number of carbonyl (C=O) groups is 1. The summed E-state index contributed by atoms with van der Waals surface area (Å²) in [5.41, 5.74) is 7.24. The van der Waals surface area contributed by atoms with Crippen molar-refractivity contribution in [1.29, 1.82) is 0 Å². The van der Waals surface area contributed by atoms with Gasteiger partial charge in [0.25, 0.3) is 0 Å². The van der Waals surface area contributed by atoms with E-state index in [1.54, 1.807) is 18.3 Å². The Bertz CT molecular complexity index is 1650. The molecule has 0 spiro atoms. The zero-order valence-corrected chi connectivity index (χ0v) is 25.2. The van der Waals surface area contributed by atoms with Crippen molar-refractivity contribution < 1.29 is 33.4 Å². The van der Waals surface area contributed by atoms with E-state index in [1.165, 1.54) is 13.3 Å². The number of nitrogens with two attached hydrogens (primary N) is 1. The highest BCUT2D eigenvalue weighted by atomic mass is 31.2. The van der Waals surface area contributed by atoms with Crippen LogP contribution in [-0.4, -0.2) is 68.6 Å². The van der Waals surface area contributed by atoms with Crippen molar-refractivity contribution in [2.45, 2.75) is 58.0 Å². The topological polar surface area (TPSA) is 194 Å². The molecule has 5 rings (SSSR count). The van der Waals surface area contributed by atoms with Crippen molar-refractivity contribution in [3.8, 4) is 5.75 Å². The lowest BCUT2D eigenvalue weighted by Crippen LogP contribution is -2.40. The number of hydrogen-bond acceptors (Lipinski definition) is 11. The van der Waals surface area contributed by atoms with Crippen LogP contribution < -0.4 is 20.7 Å². The number of hydrogen-bond donors (Lipinski definition) is 6. The minimum Gasteiger partial charge on any atom is -0.464 e. The standard InChI is InChI=1S/C29H37N6O7P/c1-16(28(38)40-14-29(2,3)4)35-43(39,42-21-11-7-9-17-8-5-6-10-18(17)21)41-13-20-25(36)26(37)23(34-20)19-12-31-24-22(19)32-15-33-27(24)30/h5-12,15-16,20,23,25-26,31,34,36-37H,13-14H2,1-4H3,(H,35,39)(H2,30,32,33)/t16?,20-,23+,25-,26+,43?/m1/s1. The van der Waals surface area contributed by atoms with Crippen LogP contribution in [0.2, 0.25) is 0 Å². The van der Waals surface area contributed by atoms with Crippen molar-refractivity contribution in [1.82, 2.24) is 25.4 Å². The van der Waals surface area contributed by atoms with Crippen molar-refractivity contribution in [3.05, 3.63) is 60.6 Å². The monoisotopic (exact) mass is 612 g/mol. The van der Waals surface area contributed by atoms with E-state index in [-0.39, 0.29) is 30.2 Å². The van der Waals surface area contributed by atoms with Gasteiger partial charge in [-0.15, -0.1) is 0 Å². The highest BCUT2D eigenvalue weighted by Crippen LogP contribution is 2.47. The van der Waals surface area contributed by atoms with Gasteiger partial charge >= 0.3 is 13.7 Å². The number of aliphatic hydroxyl groups excluding tert-OH is 2. The van der Waals surface area contributed by atoms with Gasteiger partial charge in [0.1, 0.15) is 29.7 Å². The van der Waals surface area contributed by atoms with Gasteiger partial charge in [0.2, 0.25) is 0 Å². The fraction of sp³-hybridized carbons (Fsp3) is 0.414. The lowest BCUT2D eigenvalue weighted by Gasteiger charge is -2.26. The van der Waals surface area contributed by atoms with E-state index in [0.717, 1.165) is 5.39 Å². The molecule has 1 fully saturated rings. The number of anilines is 1. The predicted molar refractivity (Wildman–Crippen MR) is 161 cm³/mol.